The molecular formula is C18H18N4O5S2. The first-order valence-corrected chi connectivity index (χ1v) is 10.8. The van der Waals surface area contributed by atoms with E-state index in [1.54, 1.807) is 7.11 Å². The highest BCUT2D eigenvalue weighted by molar-refractivity contribution is 7.89. The topological polar surface area (TPSA) is 137 Å². The van der Waals surface area contributed by atoms with Gasteiger partial charge < -0.3 is 10.1 Å². The third kappa shape index (κ3) is 5.08. The highest BCUT2D eigenvalue weighted by Crippen LogP contribution is 2.28. The van der Waals surface area contributed by atoms with E-state index in [4.69, 9.17) is 9.88 Å². The zero-order valence-electron chi connectivity index (χ0n) is 15.4. The number of primary sulfonamides is 1. The summed E-state index contributed by atoms with van der Waals surface area (Å²) in [6, 6.07) is 11.1. The van der Waals surface area contributed by atoms with E-state index in [-0.39, 0.29) is 16.3 Å². The van der Waals surface area contributed by atoms with Crippen molar-refractivity contribution in [1.29, 1.82) is 0 Å². The van der Waals surface area contributed by atoms with Gasteiger partial charge in [-0.25, -0.2) is 18.5 Å². The molecule has 0 aliphatic rings. The fraction of sp³-hybridized carbons (Fsp3) is 0.167. The van der Waals surface area contributed by atoms with Crippen molar-refractivity contribution in [2.75, 3.05) is 19.0 Å². The summed E-state index contributed by atoms with van der Waals surface area (Å²) in [6.45, 7) is 0.394. The molecule has 3 rings (SSSR count). The number of sulfonamides is 1. The van der Waals surface area contributed by atoms with Crippen molar-refractivity contribution in [2.45, 2.75) is 11.3 Å². The van der Waals surface area contributed by atoms with E-state index >= 15 is 0 Å². The first-order chi connectivity index (χ1) is 13.8. The number of nitro benzene ring substituents is 1. The van der Waals surface area contributed by atoms with Crippen LogP contribution >= 0.6 is 11.3 Å². The molecule has 0 radical (unpaired) electrons. The monoisotopic (exact) mass is 434 g/mol. The van der Waals surface area contributed by atoms with Gasteiger partial charge in [-0.3, -0.25) is 10.1 Å². The summed E-state index contributed by atoms with van der Waals surface area (Å²) >= 11 is 1.49. The largest absolute Gasteiger partial charge is 0.497 e. The molecule has 3 aromatic rings. The lowest BCUT2D eigenvalue weighted by molar-refractivity contribution is -0.384. The third-order valence-corrected chi connectivity index (χ3v) is 5.91. The van der Waals surface area contributed by atoms with Crippen LogP contribution < -0.4 is 15.2 Å². The number of nitrogens with two attached hydrogens (primary N) is 1. The summed E-state index contributed by atoms with van der Waals surface area (Å²) in [5, 5.41) is 22.1. The van der Waals surface area contributed by atoms with Crippen LogP contribution in [-0.4, -0.2) is 32.0 Å². The summed E-state index contributed by atoms with van der Waals surface area (Å²) in [6.07, 6.45) is 0.551. The van der Waals surface area contributed by atoms with E-state index < -0.39 is 14.9 Å². The van der Waals surface area contributed by atoms with E-state index in [1.165, 1.54) is 23.5 Å². The Balaban J connectivity index is 1.67. The van der Waals surface area contributed by atoms with E-state index in [1.807, 2.05) is 29.6 Å². The molecule has 1 aromatic heterocycles. The van der Waals surface area contributed by atoms with Gasteiger partial charge in [0.15, 0.2) is 0 Å². The first-order valence-electron chi connectivity index (χ1n) is 8.42. The lowest BCUT2D eigenvalue weighted by Crippen LogP contribution is -2.13. The Bertz CT molecular complexity index is 1130. The quantitative estimate of drug-likeness (QED) is 0.410. The zero-order chi connectivity index (χ0) is 21.0. The number of benzene rings is 2. The second-order valence-corrected chi connectivity index (χ2v) is 8.52. The summed E-state index contributed by atoms with van der Waals surface area (Å²) in [5.74, 6) is 0.767. The molecule has 0 aliphatic carbocycles. The Morgan fingerprint density at radius 2 is 1.97 bits per heavy atom. The van der Waals surface area contributed by atoms with Gasteiger partial charge >= 0.3 is 0 Å². The number of hydrogen-bond donors (Lipinski definition) is 2. The SMILES string of the molecule is COc1ccc(-c2csc(CCNc3ccc(S(N)(=O)=O)cc3[N+](=O)[O-])n2)cc1. The van der Waals surface area contributed by atoms with Gasteiger partial charge in [0.05, 0.1) is 27.6 Å². The number of nitrogens with one attached hydrogen (secondary N) is 1. The molecule has 0 atom stereocenters. The molecule has 9 nitrogen and oxygen atoms in total. The van der Waals surface area contributed by atoms with Crippen LogP contribution in [-0.2, 0) is 16.4 Å². The number of hydrogen-bond acceptors (Lipinski definition) is 8. The zero-order valence-corrected chi connectivity index (χ0v) is 17.0. The summed E-state index contributed by atoms with van der Waals surface area (Å²) < 4.78 is 27.9. The lowest BCUT2D eigenvalue weighted by atomic mass is 10.2. The third-order valence-electron chi connectivity index (χ3n) is 4.09. The Morgan fingerprint density at radius 1 is 1.24 bits per heavy atom. The molecule has 0 unspecified atom stereocenters. The molecule has 2 aromatic carbocycles. The van der Waals surface area contributed by atoms with Crippen LogP contribution in [0.3, 0.4) is 0 Å². The highest BCUT2D eigenvalue weighted by Gasteiger charge is 2.19. The summed E-state index contributed by atoms with van der Waals surface area (Å²) in [4.78, 5) is 14.9. The minimum absolute atomic E-state index is 0.217. The minimum Gasteiger partial charge on any atom is -0.497 e. The van der Waals surface area contributed by atoms with Crippen molar-refractivity contribution < 1.29 is 18.1 Å². The van der Waals surface area contributed by atoms with Gasteiger partial charge in [0.25, 0.3) is 5.69 Å². The van der Waals surface area contributed by atoms with Gasteiger partial charge in [-0.15, -0.1) is 11.3 Å². The summed E-state index contributed by atoms with van der Waals surface area (Å²) in [5.41, 5.74) is 1.68. The van der Waals surface area contributed by atoms with Crippen LogP contribution in [0, 0.1) is 10.1 Å². The van der Waals surface area contributed by atoms with E-state index in [9.17, 15) is 18.5 Å². The molecule has 1 heterocycles. The number of ether oxygens (including phenoxy) is 1. The van der Waals surface area contributed by atoms with Crippen LogP contribution in [0.25, 0.3) is 11.3 Å². The standard InChI is InChI=1S/C18H18N4O5S2/c1-27-13-4-2-12(3-5-13)16-11-28-18(21-16)8-9-20-15-7-6-14(29(19,25)26)10-17(15)22(23)24/h2-7,10-11,20H,8-9H2,1H3,(H2,19,25,26). The number of thiazole rings is 1. The Morgan fingerprint density at radius 3 is 2.59 bits per heavy atom. The smallest absolute Gasteiger partial charge is 0.293 e. The average Bonchev–Trinajstić information content (AvgIpc) is 3.16. The average molecular weight is 434 g/mol. The van der Waals surface area contributed by atoms with Crippen molar-refractivity contribution in [3.8, 4) is 17.0 Å². The molecule has 11 heteroatoms. The molecule has 0 saturated heterocycles. The van der Waals surface area contributed by atoms with Crippen molar-refractivity contribution in [3.63, 3.8) is 0 Å². The fourth-order valence-corrected chi connectivity index (χ4v) is 3.95. The second kappa shape index (κ2) is 8.55. The van der Waals surface area contributed by atoms with Gasteiger partial charge in [-0.05, 0) is 36.4 Å². The van der Waals surface area contributed by atoms with Crippen LogP contribution in [0.1, 0.15) is 5.01 Å². The van der Waals surface area contributed by atoms with Gasteiger partial charge in [-0.1, -0.05) is 0 Å². The number of aromatic nitrogens is 1. The summed E-state index contributed by atoms with van der Waals surface area (Å²) in [7, 11) is -2.41. The van der Waals surface area contributed by atoms with Crippen LogP contribution in [0.2, 0.25) is 0 Å². The number of rotatable bonds is 8. The maximum Gasteiger partial charge on any atom is 0.293 e. The van der Waals surface area contributed by atoms with Crippen molar-refractivity contribution >= 4 is 32.7 Å². The van der Waals surface area contributed by atoms with Gasteiger partial charge in [0, 0.05) is 30.0 Å². The molecule has 0 spiro atoms. The van der Waals surface area contributed by atoms with Gasteiger partial charge in [-0.2, -0.15) is 0 Å². The maximum atomic E-state index is 11.4. The number of nitrogens with zero attached hydrogens (tertiary/aromatic N) is 2. The minimum atomic E-state index is -4.02. The van der Waals surface area contributed by atoms with Crippen molar-refractivity contribution in [3.05, 3.63) is 63.0 Å². The molecule has 0 fully saturated rings. The predicted octanol–water partition coefficient (Wildman–Crippen LogP) is 3.03. The molecule has 0 saturated carbocycles. The normalized spacial score (nSPS) is 11.2. The molecule has 0 amide bonds. The molecule has 152 valence electrons. The van der Waals surface area contributed by atoms with E-state index in [0.717, 1.165) is 28.1 Å². The molecule has 0 aliphatic heterocycles. The van der Waals surface area contributed by atoms with E-state index in [0.29, 0.717) is 13.0 Å². The molecule has 3 N–H and O–H groups in total. The fourth-order valence-electron chi connectivity index (χ4n) is 2.61. The molecule has 29 heavy (non-hydrogen) atoms. The second-order valence-electron chi connectivity index (χ2n) is 6.01. The van der Waals surface area contributed by atoms with Crippen molar-refractivity contribution in [2.24, 2.45) is 5.14 Å². The van der Waals surface area contributed by atoms with Crippen LogP contribution in [0.4, 0.5) is 11.4 Å². The van der Waals surface area contributed by atoms with Crippen LogP contribution in [0.15, 0.2) is 52.7 Å². The molecule has 0 bridgehead atoms. The van der Waals surface area contributed by atoms with Gasteiger partial charge in [0.1, 0.15) is 11.4 Å². The van der Waals surface area contributed by atoms with Crippen molar-refractivity contribution in [1.82, 2.24) is 4.98 Å². The Hall–Kier alpha value is -3.02. The van der Waals surface area contributed by atoms with Crippen LogP contribution in [0.5, 0.6) is 5.75 Å². The predicted molar refractivity (Wildman–Crippen MR) is 111 cm³/mol. The number of methoxy groups -OCH3 is 1. The highest BCUT2D eigenvalue weighted by atomic mass is 32.2. The number of anilines is 1. The van der Waals surface area contributed by atoms with E-state index in [2.05, 4.69) is 10.3 Å². The Labute approximate surface area is 171 Å². The maximum absolute atomic E-state index is 11.4. The van der Waals surface area contributed by atoms with Gasteiger partial charge in [0.2, 0.25) is 10.0 Å². The first kappa shape index (κ1) is 20.7. The Kier molecular flexibility index (Phi) is 6.11. The number of nitro groups is 1. The molecular weight excluding hydrogens is 416 g/mol. The lowest BCUT2D eigenvalue weighted by Gasteiger charge is -2.07.